The number of aryl methyl sites for hydroxylation is 1. The van der Waals surface area contributed by atoms with Crippen molar-refractivity contribution in [1.82, 2.24) is 15.1 Å². The Morgan fingerprint density at radius 2 is 1.97 bits per heavy atom. The van der Waals surface area contributed by atoms with Crippen LogP contribution in [0.3, 0.4) is 0 Å². The molecule has 6 nitrogen and oxygen atoms in total. The first-order valence-corrected chi connectivity index (χ1v) is 9.48. The molecule has 0 bridgehead atoms. The Kier molecular flexibility index (Phi) is 5.15. The minimum Gasteiger partial charge on any atom is -0.454 e. The average Bonchev–Trinajstić information content (AvgIpc) is 3.27. The predicted octanol–water partition coefficient (Wildman–Crippen LogP) is 4.25. The van der Waals surface area contributed by atoms with Gasteiger partial charge in [-0.05, 0) is 49.2 Å². The van der Waals surface area contributed by atoms with Crippen LogP contribution >= 0.6 is 11.6 Å². The first-order chi connectivity index (χ1) is 13.9. The van der Waals surface area contributed by atoms with Crippen LogP contribution in [0.5, 0.6) is 11.5 Å². The van der Waals surface area contributed by atoms with Crippen LogP contribution in [0.25, 0.3) is 0 Å². The molecule has 29 heavy (non-hydrogen) atoms. The summed E-state index contributed by atoms with van der Waals surface area (Å²) in [5.41, 5.74) is 2.56. The summed E-state index contributed by atoms with van der Waals surface area (Å²) >= 11 is 6.44. The molecule has 0 radical (unpaired) electrons. The molecule has 1 atom stereocenters. The summed E-state index contributed by atoms with van der Waals surface area (Å²) in [4.78, 5) is 12.9. The third-order valence-electron chi connectivity index (χ3n) is 4.78. The van der Waals surface area contributed by atoms with E-state index in [1.54, 1.807) is 19.1 Å². The highest BCUT2D eigenvalue weighted by Gasteiger charge is 2.23. The predicted molar refractivity (Wildman–Crippen MR) is 106 cm³/mol. The van der Waals surface area contributed by atoms with Crippen molar-refractivity contribution in [3.63, 3.8) is 0 Å². The van der Waals surface area contributed by atoms with Crippen LogP contribution in [-0.4, -0.2) is 22.5 Å². The second-order valence-corrected chi connectivity index (χ2v) is 7.20. The van der Waals surface area contributed by atoms with Gasteiger partial charge >= 0.3 is 0 Å². The van der Waals surface area contributed by atoms with Gasteiger partial charge in [0, 0.05) is 0 Å². The molecule has 0 saturated heterocycles. The van der Waals surface area contributed by atoms with Crippen LogP contribution < -0.4 is 14.8 Å². The van der Waals surface area contributed by atoms with Crippen LogP contribution in [0.4, 0.5) is 4.39 Å². The number of halogens is 2. The Balaban J connectivity index is 1.51. The van der Waals surface area contributed by atoms with Gasteiger partial charge in [-0.3, -0.25) is 4.79 Å². The molecule has 3 aromatic rings. The summed E-state index contributed by atoms with van der Waals surface area (Å²) in [6.45, 7) is 4.14. The summed E-state index contributed by atoms with van der Waals surface area (Å²) < 4.78 is 25.3. The molecule has 0 fully saturated rings. The van der Waals surface area contributed by atoms with Crippen LogP contribution in [-0.2, 0) is 6.54 Å². The van der Waals surface area contributed by atoms with E-state index in [0.29, 0.717) is 29.3 Å². The van der Waals surface area contributed by atoms with Crippen molar-refractivity contribution >= 4 is 17.5 Å². The van der Waals surface area contributed by atoms with Gasteiger partial charge in [0.2, 0.25) is 6.79 Å². The highest BCUT2D eigenvalue weighted by Crippen LogP contribution is 2.34. The van der Waals surface area contributed by atoms with Gasteiger partial charge < -0.3 is 14.8 Å². The second kappa shape index (κ2) is 7.75. The van der Waals surface area contributed by atoms with E-state index in [0.717, 1.165) is 11.1 Å². The number of nitrogens with zero attached hydrogens (tertiary/aromatic N) is 2. The van der Waals surface area contributed by atoms with Gasteiger partial charge in [0.1, 0.15) is 11.0 Å². The Labute approximate surface area is 172 Å². The van der Waals surface area contributed by atoms with E-state index >= 15 is 0 Å². The molecule has 0 spiro atoms. The van der Waals surface area contributed by atoms with E-state index in [1.807, 2.05) is 25.1 Å². The molecule has 1 aromatic heterocycles. The summed E-state index contributed by atoms with van der Waals surface area (Å²) in [6, 6.07) is 11.3. The van der Waals surface area contributed by atoms with Gasteiger partial charge in [-0.25, -0.2) is 9.07 Å². The standard InChI is InChI=1S/C21H19ClFN3O3/c1-12(15-5-8-17-18(9-15)29-11-28-17)24-21(27)19-13(2)25-26(20(19)22)10-14-3-6-16(23)7-4-14/h3-9,12H,10-11H2,1-2H3,(H,24,27). The van der Waals surface area contributed by atoms with Crippen molar-refractivity contribution in [2.24, 2.45) is 0 Å². The van der Waals surface area contributed by atoms with Crippen LogP contribution in [0.1, 0.15) is 40.1 Å². The molecule has 1 aliphatic heterocycles. The maximum atomic E-state index is 13.1. The fourth-order valence-electron chi connectivity index (χ4n) is 3.21. The topological polar surface area (TPSA) is 65.4 Å². The summed E-state index contributed by atoms with van der Waals surface area (Å²) in [5.74, 6) is 0.718. The quantitative estimate of drug-likeness (QED) is 0.676. The van der Waals surface area contributed by atoms with E-state index in [4.69, 9.17) is 21.1 Å². The van der Waals surface area contributed by atoms with Crippen LogP contribution in [0.15, 0.2) is 42.5 Å². The maximum Gasteiger partial charge on any atom is 0.256 e. The second-order valence-electron chi connectivity index (χ2n) is 6.84. The van der Waals surface area contributed by atoms with Crippen molar-refractivity contribution < 1.29 is 18.7 Å². The molecule has 0 saturated carbocycles. The molecule has 1 unspecified atom stereocenters. The summed E-state index contributed by atoms with van der Waals surface area (Å²) in [7, 11) is 0. The monoisotopic (exact) mass is 415 g/mol. The number of hydrogen-bond donors (Lipinski definition) is 1. The smallest absolute Gasteiger partial charge is 0.256 e. The lowest BCUT2D eigenvalue weighted by Gasteiger charge is -2.15. The maximum absolute atomic E-state index is 13.1. The minimum absolute atomic E-state index is 0.196. The number of carbonyl (C=O) groups is 1. The van der Waals surface area contributed by atoms with Gasteiger partial charge in [-0.2, -0.15) is 5.10 Å². The highest BCUT2D eigenvalue weighted by atomic mass is 35.5. The Bertz CT molecular complexity index is 1070. The molecule has 2 aromatic carbocycles. The summed E-state index contributed by atoms with van der Waals surface area (Å²) in [5, 5.41) is 7.56. The van der Waals surface area contributed by atoms with Crippen LogP contribution in [0, 0.1) is 12.7 Å². The number of aromatic nitrogens is 2. The van der Waals surface area contributed by atoms with Crippen molar-refractivity contribution in [1.29, 1.82) is 0 Å². The van der Waals surface area contributed by atoms with Gasteiger partial charge in [0.25, 0.3) is 5.91 Å². The highest BCUT2D eigenvalue weighted by molar-refractivity contribution is 6.33. The van der Waals surface area contributed by atoms with E-state index in [2.05, 4.69) is 10.4 Å². The normalized spacial score (nSPS) is 13.4. The Morgan fingerprint density at radius 3 is 2.72 bits per heavy atom. The van der Waals surface area contributed by atoms with E-state index < -0.39 is 0 Å². The molecule has 1 aliphatic rings. The Morgan fingerprint density at radius 1 is 1.24 bits per heavy atom. The first kappa shape index (κ1) is 19.3. The number of ether oxygens (including phenoxy) is 2. The molecule has 1 N–H and O–H groups in total. The third-order valence-corrected chi connectivity index (χ3v) is 5.17. The van der Waals surface area contributed by atoms with Crippen molar-refractivity contribution in [3.05, 3.63) is 75.8 Å². The zero-order chi connectivity index (χ0) is 20.5. The molecular formula is C21H19ClFN3O3. The van der Waals surface area contributed by atoms with Crippen molar-refractivity contribution in [3.8, 4) is 11.5 Å². The largest absolute Gasteiger partial charge is 0.454 e. The molecule has 4 rings (SSSR count). The minimum atomic E-state index is -0.317. The number of amides is 1. The van der Waals surface area contributed by atoms with E-state index in [-0.39, 0.29) is 29.7 Å². The van der Waals surface area contributed by atoms with Crippen LogP contribution in [0.2, 0.25) is 5.15 Å². The number of carbonyl (C=O) groups excluding carboxylic acids is 1. The lowest BCUT2D eigenvalue weighted by atomic mass is 10.1. The van der Waals surface area contributed by atoms with Gasteiger partial charge in [0.05, 0.1) is 23.8 Å². The van der Waals surface area contributed by atoms with Gasteiger partial charge in [-0.15, -0.1) is 0 Å². The number of hydrogen-bond acceptors (Lipinski definition) is 4. The van der Waals surface area contributed by atoms with Crippen molar-refractivity contribution in [2.75, 3.05) is 6.79 Å². The zero-order valence-corrected chi connectivity index (χ0v) is 16.7. The lowest BCUT2D eigenvalue weighted by Crippen LogP contribution is -2.27. The first-order valence-electron chi connectivity index (χ1n) is 9.10. The SMILES string of the molecule is Cc1nn(Cc2ccc(F)cc2)c(Cl)c1C(=O)NC(C)c1ccc2c(c1)OCO2. The molecule has 1 amide bonds. The van der Waals surface area contributed by atoms with Gasteiger partial charge in [-0.1, -0.05) is 29.8 Å². The van der Waals surface area contributed by atoms with Crippen molar-refractivity contribution in [2.45, 2.75) is 26.4 Å². The molecule has 150 valence electrons. The fraction of sp³-hybridized carbons (Fsp3) is 0.238. The average molecular weight is 416 g/mol. The Hall–Kier alpha value is -3.06. The fourth-order valence-corrected chi connectivity index (χ4v) is 3.53. The number of rotatable bonds is 5. The van der Waals surface area contributed by atoms with Gasteiger partial charge in [0.15, 0.2) is 11.5 Å². The number of nitrogens with one attached hydrogen (secondary N) is 1. The lowest BCUT2D eigenvalue weighted by molar-refractivity contribution is 0.0939. The van der Waals surface area contributed by atoms with E-state index in [9.17, 15) is 9.18 Å². The molecular weight excluding hydrogens is 397 g/mol. The number of fused-ring (bicyclic) bond motifs is 1. The number of benzene rings is 2. The third kappa shape index (κ3) is 3.91. The molecule has 8 heteroatoms. The molecule has 2 heterocycles. The van der Waals surface area contributed by atoms with E-state index in [1.165, 1.54) is 16.8 Å². The molecule has 0 aliphatic carbocycles. The summed E-state index contributed by atoms with van der Waals surface area (Å²) in [6.07, 6.45) is 0. The zero-order valence-electron chi connectivity index (χ0n) is 15.9.